The second-order valence-electron chi connectivity index (χ2n) is 11.5. The van der Waals surface area contributed by atoms with Crippen molar-refractivity contribution in [2.75, 3.05) is 14.2 Å². The number of rotatable bonds is 5. The topological polar surface area (TPSA) is 131 Å². The van der Waals surface area contributed by atoms with Gasteiger partial charge >= 0.3 is 5.97 Å². The Balaban J connectivity index is 0.000000165. The molecule has 11 nitrogen and oxygen atoms in total. The van der Waals surface area contributed by atoms with E-state index in [0.717, 1.165) is 14.9 Å². The van der Waals surface area contributed by atoms with E-state index in [0.29, 0.717) is 47.9 Å². The number of hydroxylamine groups is 2. The number of carbonyl (C=O) groups excluding carboxylic acids is 6. The van der Waals surface area contributed by atoms with Crippen LogP contribution in [0.1, 0.15) is 87.9 Å². The number of imide groups is 2. The van der Waals surface area contributed by atoms with Crippen LogP contribution in [-0.2, 0) is 19.2 Å². The van der Waals surface area contributed by atoms with Gasteiger partial charge in [0, 0.05) is 7.05 Å². The Bertz CT molecular complexity index is 1430. The smallest absolute Gasteiger partial charge is 0.333 e. The molecule has 0 N–H and O–H groups in total. The molecule has 214 valence electrons. The standard InChI is InChI=1S/C16H17NO4.C14H14N2O4/c1-15(2,3)21-14(20)16(8-9-16)17-12(18)10-6-4-5-7-11(10)13(17)19;1-15(20-2)13(19)14(7-8-14)16-11(17)9-5-3-4-6-10(9)12(16)18/h4-7H,8-9H2,1-3H3;3-6H,7-8H2,1-2H3. The Hall–Kier alpha value is -4.38. The van der Waals surface area contributed by atoms with Crippen molar-refractivity contribution in [2.24, 2.45) is 0 Å². The number of benzene rings is 2. The molecule has 0 radical (unpaired) electrons. The third-order valence-corrected chi connectivity index (χ3v) is 7.63. The molecular weight excluding hydrogens is 530 g/mol. The third kappa shape index (κ3) is 4.50. The van der Waals surface area contributed by atoms with Crippen molar-refractivity contribution >= 4 is 35.5 Å². The van der Waals surface area contributed by atoms with Crippen LogP contribution in [0, 0.1) is 0 Å². The summed E-state index contributed by atoms with van der Waals surface area (Å²) in [4.78, 5) is 81.5. The number of fused-ring (bicyclic) bond motifs is 2. The maximum absolute atomic E-state index is 12.5. The van der Waals surface area contributed by atoms with Gasteiger partial charge in [0.25, 0.3) is 29.5 Å². The Morgan fingerprint density at radius 2 is 1.05 bits per heavy atom. The van der Waals surface area contributed by atoms with Gasteiger partial charge < -0.3 is 4.74 Å². The Morgan fingerprint density at radius 1 is 0.707 bits per heavy atom. The molecule has 11 heteroatoms. The highest BCUT2D eigenvalue weighted by molar-refractivity contribution is 6.24. The maximum Gasteiger partial charge on any atom is 0.333 e. The molecule has 0 aromatic heterocycles. The zero-order valence-corrected chi connectivity index (χ0v) is 23.6. The van der Waals surface area contributed by atoms with Crippen LogP contribution < -0.4 is 0 Å². The first kappa shape index (κ1) is 28.2. The first-order chi connectivity index (χ1) is 19.3. The normalized spacial score (nSPS) is 19.2. The van der Waals surface area contributed by atoms with Gasteiger partial charge in [-0.15, -0.1) is 0 Å². The van der Waals surface area contributed by atoms with Crippen LogP contribution in [0.5, 0.6) is 0 Å². The third-order valence-electron chi connectivity index (χ3n) is 7.63. The van der Waals surface area contributed by atoms with Crippen LogP contribution in [0.3, 0.4) is 0 Å². The summed E-state index contributed by atoms with van der Waals surface area (Å²) in [6.45, 7) is 5.30. The van der Waals surface area contributed by atoms with E-state index in [1.54, 1.807) is 69.3 Å². The molecule has 2 saturated carbocycles. The SMILES string of the molecule is CC(C)(C)OC(=O)C1(N2C(=O)c3ccccc3C2=O)CC1.CON(C)C(=O)C1(N2C(=O)c3ccccc3C2=O)CC1. The molecule has 6 rings (SSSR count). The summed E-state index contributed by atoms with van der Waals surface area (Å²) in [6, 6.07) is 13.3. The van der Waals surface area contributed by atoms with Crippen LogP contribution in [-0.4, -0.2) is 81.2 Å². The molecule has 41 heavy (non-hydrogen) atoms. The van der Waals surface area contributed by atoms with E-state index >= 15 is 0 Å². The molecule has 0 unspecified atom stereocenters. The minimum absolute atomic E-state index is 0.358. The zero-order chi connectivity index (χ0) is 29.9. The molecule has 0 saturated heterocycles. The minimum atomic E-state index is -1.11. The first-order valence-electron chi connectivity index (χ1n) is 13.3. The van der Waals surface area contributed by atoms with Crippen molar-refractivity contribution in [1.82, 2.24) is 14.9 Å². The van der Waals surface area contributed by atoms with E-state index in [2.05, 4.69) is 0 Å². The van der Waals surface area contributed by atoms with E-state index < -0.39 is 46.3 Å². The number of esters is 1. The minimum Gasteiger partial charge on any atom is -0.458 e. The molecule has 2 aromatic carbocycles. The molecule has 2 aliphatic heterocycles. The molecule has 5 amide bonds. The van der Waals surface area contributed by atoms with E-state index in [4.69, 9.17) is 9.57 Å². The Labute approximate surface area is 236 Å². The fourth-order valence-corrected chi connectivity index (χ4v) is 5.19. The maximum atomic E-state index is 12.5. The molecule has 0 spiro atoms. The van der Waals surface area contributed by atoms with Crippen molar-refractivity contribution in [1.29, 1.82) is 0 Å². The average Bonchev–Trinajstić information content (AvgIpc) is 3.87. The lowest BCUT2D eigenvalue weighted by Crippen LogP contribution is -2.51. The number of likely N-dealkylation sites (N-methyl/N-ethyl adjacent to an activating group) is 1. The van der Waals surface area contributed by atoms with E-state index in [1.807, 2.05) is 0 Å². The first-order valence-corrected chi connectivity index (χ1v) is 13.3. The molecule has 2 aliphatic carbocycles. The number of hydrogen-bond donors (Lipinski definition) is 0. The molecule has 0 bridgehead atoms. The van der Waals surface area contributed by atoms with Crippen LogP contribution in [0.2, 0.25) is 0 Å². The quantitative estimate of drug-likeness (QED) is 0.309. The molecule has 4 aliphatic rings. The summed E-state index contributed by atoms with van der Waals surface area (Å²) < 4.78 is 5.39. The summed E-state index contributed by atoms with van der Waals surface area (Å²) in [7, 11) is 2.84. The van der Waals surface area contributed by atoms with Gasteiger partial charge in [-0.05, 0) is 70.7 Å². The van der Waals surface area contributed by atoms with E-state index in [9.17, 15) is 28.8 Å². The summed E-state index contributed by atoms with van der Waals surface area (Å²) in [5.74, 6) is -2.47. The fourth-order valence-electron chi connectivity index (χ4n) is 5.19. The highest BCUT2D eigenvalue weighted by atomic mass is 16.7. The molecule has 2 fully saturated rings. The van der Waals surface area contributed by atoms with Gasteiger partial charge in [-0.2, -0.15) is 0 Å². The van der Waals surface area contributed by atoms with Gasteiger partial charge in [-0.3, -0.25) is 38.6 Å². The molecular formula is C30H31N3O8. The highest BCUT2D eigenvalue weighted by Gasteiger charge is 2.64. The second kappa shape index (κ2) is 9.62. The average molecular weight is 562 g/mol. The Kier molecular flexibility index (Phi) is 6.61. The van der Waals surface area contributed by atoms with Gasteiger partial charge in [0.05, 0.1) is 29.4 Å². The van der Waals surface area contributed by atoms with Gasteiger partial charge in [-0.25, -0.2) is 9.86 Å². The molecule has 2 aromatic rings. The predicted molar refractivity (Wildman–Crippen MR) is 143 cm³/mol. The second-order valence-corrected chi connectivity index (χ2v) is 11.5. The Morgan fingerprint density at radius 3 is 1.34 bits per heavy atom. The van der Waals surface area contributed by atoms with Gasteiger partial charge in [0.15, 0.2) is 0 Å². The number of ether oxygens (including phenoxy) is 1. The largest absolute Gasteiger partial charge is 0.458 e. The van der Waals surface area contributed by atoms with Crippen molar-refractivity contribution in [3.63, 3.8) is 0 Å². The van der Waals surface area contributed by atoms with Gasteiger partial charge in [0.1, 0.15) is 16.7 Å². The lowest BCUT2D eigenvalue weighted by atomic mass is 10.1. The summed E-state index contributed by atoms with van der Waals surface area (Å²) in [5.41, 5.74) is -1.40. The highest BCUT2D eigenvalue weighted by Crippen LogP contribution is 2.48. The fraction of sp³-hybridized carbons (Fsp3) is 0.400. The van der Waals surface area contributed by atoms with Crippen LogP contribution >= 0.6 is 0 Å². The number of nitrogens with zero attached hydrogens (tertiary/aromatic N) is 3. The van der Waals surface area contributed by atoms with Gasteiger partial charge in [0.2, 0.25) is 0 Å². The monoisotopic (exact) mass is 561 g/mol. The van der Waals surface area contributed by atoms with Crippen LogP contribution in [0.25, 0.3) is 0 Å². The number of hydrogen-bond acceptors (Lipinski definition) is 8. The zero-order valence-electron chi connectivity index (χ0n) is 23.6. The van der Waals surface area contributed by atoms with Crippen LogP contribution in [0.4, 0.5) is 0 Å². The lowest BCUT2D eigenvalue weighted by molar-refractivity contribution is -0.174. The van der Waals surface area contributed by atoms with Crippen molar-refractivity contribution in [2.45, 2.75) is 63.1 Å². The summed E-state index contributed by atoms with van der Waals surface area (Å²) in [6.07, 6.45) is 1.89. The van der Waals surface area contributed by atoms with Gasteiger partial charge in [-0.1, -0.05) is 24.3 Å². The van der Waals surface area contributed by atoms with Crippen molar-refractivity contribution < 1.29 is 38.3 Å². The molecule has 0 atom stereocenters. The number of amides is 5. The van der Waals surface area contributed by atoms with Crippen molar-refractivity contribution in [3.05, 3.63) is 70.8 Å². The molecule has 2 heterocycles. The van der Waals surface area contributed by atoms with E-state index in [1.165, 1.54) is 14.2 Å². The van der Waals surface area contributed by atoms with Crippen molar-refractivity contribution in [3.8, 4) is 0 Å². The van der Waals surface area contributed by atoms with E-state index in [-0.39, 0.29) is 5.91 Å². The van der Waals surface area contributed by atoms with Crippen LogP contribution in [0.15, 0.2) is 48.5 Å². The summed E-state index contributed by atoms with van der Waals surface area (Å²) in [5, 5.41) is 1.07. The predicted octanol–water partition coefficient (Wildman–Crippen LogP) is 2.99. The number of carbonyl (C=O) groups is 6. The lowest BCUT2D eigenvalue weighted by Gasteiger charge is -2.28. The summed E-state index contributed by atoms with van der Waals surface area (Å²) >= 11 is 0.